The Bertz CT molecular complexity index is 965. The molecule has 0 fully saturated rings. The molecule has 1 atom stereocenters. The second kappa shape index (κ2) is 9.27. The van der Waals surface area contributed by atoms with Crippen molar-refractivity contribution in [1.82, 2.24) is 20.2 Å². The summed E-state index contributed by atoms with van der Waals surface area (Å²) >= 11 is 13.0. The van der Waals surface area contributed by atoms with Gasteiger partial charge in [0.25, 0.3) is 0 Å². The number of aryl methyl sites for hydroxylation is 1. The summed E-state index contributed by atoms with van der Waals surface area (Å²) in [6, 6.07) is 9.24. The molecule has 2 aromatic heterocycles. The molecule has 0 radical (unpaired) electrons. The minimum absolute atomic E-state index is 0.251. The number of hydrogen-bond acceptors (Lipinski definition) is 6. The van der Waals surface area contributed by atoms with E-state index >= 15 is 0 Å². The van der Waals surface area contributed by atoms with E-state index in [4.69, 9.17) is 27.9 Å². The van der Waals surface area contributed by atoms with E-state index in [0.717, 1.165) is 11.3 Å². The number of anilines is 1. The first-order chi connectivity index (χ1) is 13.4. The highest BCUT2D eigenvalue weighted by atomic mass is 35.5. The normalized spacial score (nSPS) is 11.9. The zero-order valence-electron chi connectivity index (χ0n) is 15.1. The fourth-order valence-corrected chi connectivity index (χ4v) is 3.29. The van der Waals surface area contributed by atoms with E-state index in [-0.39, 0.29) is 23.4 Å². The molecule has 0 saturated carbocycles. The number of rotatable bonds is 7. The van der Waals surface area contributed by atoms with Crippen LogP contribution in [-0.2, 0) is 11.4 Å². The highest BCUT2D eigenvalue weighted by Gasteiger charge is 2.19. The highest BCUT2D eigenvalue weighted by molar-refractivity contribution is 8.00. The number of aromatic nitrogens is 4. The van der Waals surface area contributed by atoms with Gasteiger partial charge in [0.15, 0.2) is 11.6 Å². The van der Waals surface area contributed by atoms with Crippen LogP contribution in [0.3, 0.4) is 0 Å². The number of amides is 1. The number of ether oxygens (including phenoxy) is 1. The average molecular weight is 438 g/mol. The van der Waals surface area contributed by atoms with Crippen LogP contribution >= 0.6 is 35.0 Å². The summed E-state index contributed by atoms with van der Waals surface area (Å²) in [6.07, 6.45) is 1.41. The summed E-state index contributed by atoms with van der Waals surface area (Å²) in [5.74, 6) is 1.30. The van der Waals surface area contributed by atoms with Crippen molar-refractivity contribution in [1.29, 1.82) is 0 Å². The van der Waals surface area contributed by atoms with Crippen LogP contribution in [0.25, 0.3) is 0 Å². The average Bonchev–Trinajstić information content (AvgIpc) is 3.11. The van der Waals surface area contributed by atoms with Crippen LogP contribution in [-0.4, -0.2) is 31.3 Å². The number of aromatic amines is 1. The summed E-state index contributed by atoms with van der Waals surface area (Å²) in [5.41, 5.74) is 1.16. The van der Waals surface area contributed by atoms with Crippen molar-refractivity contribution in [3.05, 3.63) is 58.0 Å². The van der Waals surface area contributed by atoms with E-state index < -0.39 is 5.25 Å². The van der Waals surface area contributed by atoms with E-state index in [1.807, 2.05) is 31.2 Å². The molecular weight excluding hydrogens is 421 g/mol. The first kappa shape index (κ1) is 20.4. The third-order valence-corrected chi connectivity index (χ3v) is 5.06. The fourth-order valence-electron chi connectivity index (χ4n) is 2.12. The van der Waals surface area contributed by atoms with Gasteiger partial charge in [-0.15, -0.1) is 5.10 Å². The van der Waals surface area contributed by atoms with Gasteiger partial charge in [0.2, 0.25) is 11.1 Å². The number of carbonyl (C=O) groups is 1. The van der Waals surface area contributed by atoms with Gasteiger partial charge in [-0.3, -0.25) is 9.89 Å². The minimum Gasteiger partial charge on any atom is -0.486 e. The number of thioether (sulfide) groups is 1. The minimum atomic E-state index is -0.463. The second-order valence-electron chi connectivity index (χ2n) is 5.90. The molecule has 0 bridgehead atoms. The van der Waals surface area contributed by atoms with Crippen molar-refractivity contribution in [3.63, 3.8) is 0 Å². The monoisotopic (exact) mass is 437 g/mol. The van der Waals surface area contributed by atoms with Crippen LogP contribution in [0.2, 0.25) is 10.0 Å². The van der Waals surface area contributed by atoms with Crippen molar-refractivity contribution in [2.75, 3.05) is 5.32 Å². The van der Waals surface area contributed by atoms with Crippen molar-refractivity contribution in [2.45, 2.75) is 30.9 Å². The van der Waals surface area contributed by atoms with Gasteiger partial charge < -0.3 is 10.1 Å². The van der Waals surface area contributed by atoms with Crippen molar-refractivity contribution < 1.29 is 9.53 Å². The van der Waals surface area contributed by atoms with Gasteiger partial charge in [-0.2, -0.15) is 0 Å². The van der Waals surface area contributed by atoms with Gasteiger partial charge in [-0.05, 0) is 32.0 Å². The Labute approximate surface area is 176 Å². The Morgan fingerprint density at radius 1 is 1.32 bits per heavy atom. The highest BCUT2D eigenvalue weighted by Crippen LogP contribution is 2.25. The third-order valence-electron chi connectivity index (χ3n) is 3.61. The molecule has 2 N–H and O–H groups in total. The van der Waals surface area contributed by atoms with Crippen LogP contribution in [0.5, 0.6) is 5.75 Å². The summed E-state index contributed by atoms with van der Waals surface area (Å²) in [6.45, 7) is 4.00. The zero-order valence-corrected chi connectivity index (χ0v) is 17.4. The fraction of sp³-hybridized carbons (Fsp3) is 0.222. The maximum absolute atomic E-state index is 12.3. The standard InChI is InChI=1S/C18H17Cl2N5O2S/c1-10-3-5-13(6-4-10)27-9-15-22-18(25-24-15)28-11(2)17(26)23-16-14(20)7-12(19)8-21-16/h3-8,11H,9H2,1-2H3,(H,21,23,26)(H,22,24,25)/t11-/m0/s1. The lowest BCUT2D eigenvalue weighted by Crippen LogP contribution is -2.23. The van der Waals surface area contributed by atoms with Gasteiger partial charge in [-0.25, -0.2) is 9.97 Å². The Hall–Kier alpha value is -2.29. The molecule has 0 unspecified atom stereocenters. The molecule has 3 rings (SSSR count). The molecule has 28 heavy (non-hydrogen) atoms. The topological polar surface area (TPSA) is 92.8 Å². The van der Waals surface area contributed by atoms with Gasteiger partial charge in [0.1, 0.15) is 12.4 Å². The van der Waals surface area contributed by atoms with Gasteiger partial charge in [-0.1, -0.05) is 52.7 Å². The number of nitrogens with one attached hydrogen (secondary N) is 2. The number of nitrogens with zero attached hydrogens (tertiary/aromatic N) is 3. The summed E-state index contributed by atoms with van der Waals surface area (Å²) < 4.78 is 5.66. The molecular formula is C18H17Cl2N5O2S. The number of hydrogen-bond donors (Lipinski definition) is 2. The molecule has 1 amide bonds. The van der Waals surface area contributed by atoms with E-state index in [0.29, 0.717) is 16.0 Å². The summed E-state index contributed by atoms with van der Waals surface area (Å²) in [5, 5.41) is 10.2. The predicted octanol–water partition coefficient (Wildman–Crippen LogP) is 4.51. The molecule has 3 aromatic rings. The molecule has 7 nitrogen and oxygen atoms in total. The van der Waals surface area contributed by atoms with Gasteiger partial charge >= 0.3 is 0 Å². The SMILES string of the molecule is Cc1ccc(OCc2nc(S[C@@H](C)C(=O)Nc3ncc(Cl)cc3Cl)n[nH]2)cc1. The van der Waals surface area contributed by atoms with Crippen molar-refractivity contribution in [3.8, 4) is 5.75 Å². The number of carbonyl (C=O) groups excluding carboxylic acids is 1. The maximum atomic E-state index is 12.3. The quantitative estimate of drug-likeness (QED) is 0.528. The van der Waals surface area contributed by atoms with Crippen LogP contribution in [0.4, 0.5) is 5.82 Å². The van der Waals surface area contributed by atoms with E-state index in [1.165, 1.54) is 24.0 Å². The summed E-state index contributed by atoms with van der Waals surface area (Å²) in [7, 11) is 0. The van der Waals surface area contributed by atoms with Gasteiger partial charge in [0.05, 0.1) is 15.3 Å². The molecule has 0 aliphatic carbocycles. The Kier molecular flexibility index (Phi) is 6.77. The molecule has 0 aliphatic rings. The molecule has 1 aromatic carbocycles. The third kappa shape index (κ3) is 5.60. The lowest BCUT2D eigenvalue weighted by atomic mass is 10.2. The van der Waals surface area contributed by atoms with Crippen LogP contribution < -0.4 is 10.1 Å². The first-order valence-corrected chi connectivity index (χ1v) is 9.93. The Balaban J connectivity index is 1.53. The number of halogens is 2. The predicted molar refractivity (Wildman–Crippen MR) is 110 cm³/mol. The van der Waals surface area contributed by atoms with Gasteiger partial charge in [0, 0.05) is 6.20 Å². The van der Waals surface area contributed by atoms with E-state index in [2.05, 4.69) is 25.5 Å². The van der Waals surface area contributed by atoms with Crippen molar-refractivity contribution in [2.24, 2.45) is 0 Å². The maximum Gasteiger partial charge on any atom is 0.238 e. The van der Waals surface area contributed by atoms with Crippen LogP contribution in [0.1, 0.15) is 18.3 Å². The molecule has 0 saturated heterocycles. The summed E-state index contributed by atoms with van der Waals surface area (Å²) in [4.78, 5) is 20.7. The largest absolute Gasteiger partial charge is 0.486 e. The van der Waals surface area contributed by atoms with Crippen molar-refractivity contribution >= 4 is 46.7 Å². The van der Waals surface area contributed by atoms with Crippen LogP contribution in [0.15, 0.2) is 41.7 Å². The smallest absolute Gasteiger partial charge is 0.238 e. The van der Waals surface area contributed by atoms with E-state index in [9.17, 15) is 4.79 Å². The number of benzene rings is 1. The second-order valence-corrected chi connectivity index (χ2v) is 8.05. The Morgan fingerprint density at radius 2 is 2.07 bits per heavy atom. The Morgan fingerprint density at radius 3 is 2.79 bits per heavy atom. The molecule has 0 spiro atoms. The number of H-pyrrole nitrogens is 1. The lowest BCUT2D eigenvalue weighted by Gasteiger charge is -2.10. The first-order valence-electron chi connectivity index (χ1n) is 8.30. The molecule has 2 heterocycles. The molecule has 0 aliphatic heterocycles. The molecule has 10 heteroatoms. The lowest BCUT2D eigenvalue weighted by molar-refractivity contribution is -0.115. The molecule has 146 valence electrons. The van der Waals surface area contributed by atoms with Crippen LogP contribution in [0, 0.1) is 6.92 Å². The van der Waals surface area contributed by atoms with E-state index in [1.54, 1.807) is 6.92 Å². The number of pyridine rings is 1. The zero-order chi connectivity index (χ0) is 20.1.